The first kappa shape index (κ1) is 18.5. The number of amides is 1. The summed E-state index contributed by atoms with van der Waals surface area (Å²) < 4.78 is 25.5. The van der Waals surface area contributed by atoms with Gasteiger partial charge in [-0.05, 0) is 24.1 Å². The summed E-state index contributed by atoms with van der Waals surface area (Å²) in [6.07, 6.45) is 1.28. The molecule has 26 heavy (non-hydrogen) atoms. The average molecular weight is 389 g/mol. The lowest BCUT2D eigenvalue weighted by Crippen LogP contribution is -2.41. The van der Waals surface area contributed by atoms with Crippen molar-refractivity contribution in [1.82, 2.24) is 9.88 Å². The van der Waals surface area contributed by atoms with Crippen LogP contribution < -0.4 is 0 Å². The molecule has 0 spiro atoms. The highest BCUT2D eigenvalue weighted by Crippen LogP contribution is 2.23. The van der Waals surface area contributed by atoms with Crippen LogP contribution in [0.1, 0.15) is 10.6 Å². The molecule has 0 bridgehead atoms. The fourth-order valence-electron chi connectivity index (χ4n) is 2.76. The van der Waals surface area contributed by atoms with Gasteiger partial charge in [-0.15, -0.1) is 11.3 Å². The van der Waals surface area contributed by atoms with E-state index in [0.717, 1.165) is 27.0 Å². The molecule has 3 aromatic rings. The fourth-order valence-corrected chi connectivity index (χ4v) is 4.83. The third kappa shape index (κ3) is 4.28. The summed E-state index contributed by atoms with van der Waals surface area (Å²) in [4.78, 5) is 18.8. The fraction of sp³-hybridized carbons (Fsp3) is 0.263. The molecule has 0 unspecified atom stereocenters. The monoisotopic (exact) mass is 388 g/mol. The van der Waals surface area contributed by atoms with Crippen LogP contribution in [0.2, 0.25) is 0 Å². The molecule has 1 heterocycles. The number of carbonyl (C=O) groups is 1. The summed E-state index contributed by atoms with van der Waals surface area (Å²) in [6.45, 7) is 0.291. The normalized spacial score (nSPS) is 12.8. The van der Waals surface area contributed by atoms with Gasteiger partial charge < -0.3 is 4.90 Å². The van der Waals surface area contributed by atoms with Crippen molar-refractivity contribution < 1.29 is 13.2 Å². The molecule has 136 valence electrons. The van der Waals surface area contributed by atoms with E-state index in [9.17, 15) is 13.2 Å². The molecule has 0 radical (unpaired) electrons. The van der Waals surface area contributed by atoms with Gasteiger partial charge in [0.15, 0.2) is 9.84 Å². The molecular weight excluding hydrogens is 368 g/mol. The Hall–Kier alpha value is -2.25. The molecule has 1 aromatic heterocycles. The Bertz CT molecular complexity index is 980. The molecule has 0 aliphatic heterocycles. The Morgan fingerprint density at radius 2 is 1.77 bits per heavy atom. The quantitative estimate of drug-likeness (QED) is 0.651. The van der Waals surface area contributed by atoms with Gasteiger partial charge in [-0.25, -0.2) is 13.4 Å². The van der Waals surface area contributed by atoms with Gasteiger partial charge in [0, 0.05) is 13.3 Å². The summed E-state index contributed by atoms with van der Waals surface area (Å²) in [6, 6.07) is 17.0. The van der Waals surface area contributed by atoms with Crippen LogP contribution in [-0.4, -0.2) is 42.8 Å². The highest BCUT2D eigenvalue weighted by molar-refractivity contribution is 7.92. The molecule has 1 atom stereocenters. The summed E-state index contributed by atoms with van der Waals surface area (Å²) in [7, 11) is -1.91. The second kappa shape index (κ2) is 7.55. The Morgan fingerprint density at radius 1 is 1.12 bits per heavy atom. The molecule has 0 saturated carbocycles. The molecule has 0 saturated heterocycles. The summed E-state index contributed by atoms with van der Waals surface area (Å²) in [5.74, 6) is -0.407. The number of hydrogen-bond donors (Lipinski definition) is 0. The van der Waals surface area contributed by atoms with Crippen LogP contribution in [-0.2, 0) is 27.6 Å². The van der Waals surface area contributed by atoms with Crippen LogP contribution in [0, 0.1) is 0 Å². The molecule has 3 rings (SSSR count). The zero-order chi connectivity index (χ0) is 18.7. The Morgan fingerprint density at radius 3 is 2.42 bits per heavy atom. The number of hydrogen-bond acceptors (Lipinski definition) is 5. The number of rotatable bonds is 6. The van der Waals surface area contributed by atoms with Gasteiger partial charge in [-0.3, -0.25) is 4.79 Å². The molecule has 7 heteroatoms. The van der Waals surface area contributed by atoms with Gasteiger partial charge in [0.1, 0.15) is 10.3 Å². The second-order valence-electron chi connectivity index (χ2n) is 6.28. The minimum Gasteiger partial charge on any atom is -0.338 e. The zero-order valence-corrected chi connectivity index (χ0v) is 16.3. The first-order valence-electron chi connectivity index (χ1n) is 8.17. The highest BCUT2D eigenvalue weighted by Gasteiger charge is 2.31. The SMILES string of the molecule is CN(Cc1nc2ccccc2s1)C(=O)[C@@H](Cc1ccccc1)S(C)(=O)=O. The lowest BCUT2D eigenvalue weighted by molar-refractivity contribution is -0.129. The maximum Gasteiger partial charge on any atom is 0.241 e. The number of sulfone groups is 1. The van der Waals surface area contributed by atoms with Gasteiger partial charge in [0.2, 0.25) is 5.91 Å². The minimum atomic E-state index is -3.53. The van der Waals surface area contributed by atoms with Gasteiger partial charge in [0.05, 0.1) is 16.8 Å². The van der Waals surface area contributed by atoms with E-state index in [-0.39, 0.29) is 6.42 Å². The van der Waals surface area contributed by atoms with Crippen molar-refractivity contribution in [1.29, 1.82) is 0 Å². The van der Waals surface area contributed by atoms with Crippen molar-refractivity contribution in [2.45, 2.75) is 18.2 Å². The maximum absolute atomic E-state index is 12.8. The minimum absolute atomic E-state index is 0.169. The molecule has 0 aliphatic carbocycles. The van der Waals surface area contributed by atoms with E-state index in [1.807, 2.05) is 54.6 Å². The van der Waals surface area contributed by atoms with Gasteiger partial charge in [-0.1, -0.05) is 42.5 Å². The molecule has 5 nitrogen and oxygen atoms in total. The van der Waals surface area contributed by atoms with E-state index in [1.54, 1.807) is 7.05 Å². The largest absolute Gasteiger partial charge is 0.338 e. The van der Waals surface area contributed by atoms with E-state index < -0.39 is 21.0 Å². The maximum atomic E-state index is 12.8. The lowest BCUT2D eigenvalue weighted by Gasteiger charge is -2.22. The Labute approximate surface area is 157 Å². The van der Waals surface area contributed by atoms with Crippen LogP contribution in [0.15, 0.2) is 54.6 Å². The molecule has 0 N–H and O–H groups in total. The van der Waals surface area contributed by atoms with Crippen molar-refractivity contribution in [3.63, 3.8) is 0 Å². The van der Waals surface area contributed by atoms with E-state index in [1.165, 1.54) is 16.2 Å². The highest BCUT2D eigenvalue weighted by atomic mass is 32.2. The zero-order valence-electron chi connectivity index (χ0n) is 14.6. The van der Waals surface area contributed by atoms with Crippen molar-refractivity contribution >= 4 is 37.3 Å². The number of carbonyl (C=O) groups excluding carboxylic acids is 1. The number of fused-ring (bicyclic) bond motifs is 1. The van der Waals surface area contributed by atoms with Crippen molar-refractivity contribution in [2.24, 2.45) is 0 Å². The van der Waals surface area contributed by atoms with E-state index in [4.69, 9.17) is 0 Å². The van der Waals surface area contributed by atoms with Crippen molar-refractivity contribution in [2.75, 3.05) is 13.3 Å². The number of aromatic nitrogens is 1. The average Bonchev–Trinajstić information content (AvgIpc) is 3.01. The first-order valence-corrected chi connectivity index (χ1v) is 10.9. The summed E-state index contributed by atoms with van der Waals surface area (Å²) >= 11 is 1.51. The third-order valence-corrected chi connectivity index (χ3v) is 6.57. The smallest absolute Gasteiger partial charge is 0.241 e. The summed E-state index contributed by atoms with van der Waals surface area (Å²) in [5.41, 5.74) is 1.71. The van der Waals surface area contributed by atoms with Crippen LogP contribution in [0.3, 0.4) is 0 Å². The van der Waals surface area contributed by atoms with Gasteiger partial charge >= 0.3 is 0 Å². The van der Waals surface area contributed by atoms with Crippen molar-refractivity contribution in [3.8, 4) is 0 Å². The third-order valence-electron chi connectivity index (χ3n) is 4.14. The first-order chi connectivity index (χ1) is 12.3. The molecule has 0 fully saturated rings. The molecule has 2 aromatic carbocycles. The Balaban J connectivity index is 1.79. The lowest BCUT2D eigenvalue weighted by atomic mass is 10.1. The second-order valence-corrected chi connectivity index (χ2v) is 9.62. The number of thiazole rings is 1. The predicted octanol–water partition coefficient (Wildman–Crippen LogP) is 2.91. The van der Waals surface area contributed by atoms with Crippen LogP contribution in [0.5, 0.6) is 0 Å². The van der Waals surface area contributed by atoms with E-state index >= 15 is 0 Å². The van der Waals surface area contributed by atoms with Gasteiger partial charge in [-0.2, -0.15) is 0 Å². The standard InChI is InChI=1S/C19H20N2O3S2/c1-21(13-18-20-15-10-6-7-11-16(15)25-18)19(22)17(26(2,23)24)12-14-8-4-3-5-9-14/h3-11,17H,12-13H2,1-2H3/t17-/m1/s1. The van der Waals surface area contributed by atoms with Crippen LogP contribution in [0.4, 0.5) is 0 Å². The predicted molar refractivity (Wildman–Crippen MR) is 105 cm³/mol. The molecule has 1 amide bonds. The molecule has 0 aliphatic rings. The number of para-hydroxylation sites is 1. The number of nitrogens with zero attached hydrogens (tertiary/aromatic N) is 2. The Kier molecular flexibility index (Phi) is 5.38. The van der Waals surface area contributed by atoms with E-state index in [2.05, 4.69) is 4.98 Å². The van der Waals surface area contributed by atoms with E-state index in [0.29, 0.717) is 6.54 Å². The topological polar surface area (TPSA) is 67.3 Å². The van der Waals surface area contributed by atoms with Crippen molar-refractivity contribution in [3.05, 3.63) is 65.2 Å². The molecular formula is C19H20N2O3S2. The van der Waals surface area contributed by atoms with Gasteiger partial charge in [0.25, 0.3) is 0 Å². The number of benzene rings is 2. The van der Waals surface area contributed by atoms with Crippen LogP contribution >= 0.6 is 11.3 Å². The van der Waals surface area contributed by atoms with Crippen LogP contribution in [0.25, 0.3) is 10.2 Å². The summed E-state index contributed by atoms with van der Waals surface area (Å²) in [5, 5.41) is -0.307.